The first-order valence-electron chi connectivity index (χ1n) is 9.51. The summed E-state index contributed by atoms with van der Waals surface area (Å²) < 4.78 is 23.6. The summed E-state index contributed by atoms with van der Waals surface area (Å²) in [5, 5.41) is 8.90. The third-order valence-corrected chi connectivity index (χ3v) is 7.48. The minimum atomic E-state index is -3.83. The number of sulfone groups is 1. The molecule has 31 heavy (non-hydrogen) atoms. The van der Waals surface area contributed by atoms with Crippen molar-refractivity contribution in [1.29, 1.82) is 0 Å². The largest absolute Gasteiger partial charge is 0.315 e. The van der Waals surface area contributed by atoms with Gasteiger partial charge in [0.1, 0.15) is 0 Å². The molecule has 3 aromatic rings. The van der Waals surface area contributed by atoms with Crippen molar-refractivity contribution in [3.63, 3.8) is 0 Å². The second kappa shape index (κ2) is 8.83. The van der Waals surface area contributed by atoms with Crippen molar-refractivity contribution in [2.24, 2.45) is 0 Å². The molecule has 8 nitrogen and oxygen atoms in total. The van der Waals surface area contributed by atoms with Gasteiger partial charge in [0, 0.05) is 37.5 Å². The van der Waals surface area contributed by atoms with Gasteiger partial charge in [0.25, 0.3) is 11.5 Å². The molecule has 2 aromatic heterocycles. The maximum Gasteiger partial charge on any atom is 0.264 e. The van der Waals surface area contributed by atoms with Gasteiger partial charge in [0.2, 0.25) is 0 Å². The molecule has 2 heterocycles. The van der Waals surface area contributed by atoms with Gasteiger partial charge in [-0.05, 0) is 53.8 Å². The smallest absolute Gasteiger partial charge is 0.264 e. The molecule has 0 aliphatic heterocycles. The van der Waals surface area contributed by atoms with E-state index in [4.69, 9.17) is 5.21 Å². The van der Waals surface area contributed by atoms with E-state index in [1.54, 1.807) is 24.7 Å². The van der Waals surface area contributed by atoms with Crippen LogP contribution < -0.4 is 11.0 Å². The lowest BCUT2D eigenvalue weighted by Crippen LogP contribution is -2.49. The highest BCUT2D eigenvalue weighted by Gasteiger charge is 2.43. The molecule has 3 rings (SSSR count). The Bertz CT molecular complexity index is 1240. The molecule has 1 amide bonds. The number of aryl methyl sites for hydroxylation is 1. The molecule has 0 radical (unpaired) electrons. The summed E-state index contributed by atoms with van der Waals surface area (Å²) in [6.45, 7) is 1.22. The van der Waals surface area contributed by atoms with Crippen molar-refractivity contribution in [2.45, 2.75) is 24.6 Å². The molecule has 0 aliphatic carbocycles. The summed E-state index contributed by atoms with van der Waals surface area (Å²) in [4.78, 5) is 28.5. The van der Waals surface area contributed by atoms with E-state index >= 15 is 0 Å². The van der Waals surface area contributed by atoms with Gasteiger partial charge in [0.15, 0.2) is 14.6 Å². The van der Waals surface area contributed by atoms with E-state index in [1.807, 2.05) is 36.4 Å². The molecule has 162 valence electrons. The topological polar surface area (TPSA) is 118 Å². The van der Waals surface area contributed by atoms with Crippen LogP contribution in [0, 0.1) is 0 Å². The maximum absolute atomic E-state index is 12.6. The third kappa shape index (κ3) is 4.73. The van der Waals surface area contributed by atoms with Crippen LogP contribution in [0.25, 0.3) is 22.3 Å². The van der Waals surface area contributed by atoms with E-state index < -0.39 is 20.5 Å². The molecule has 0 spiro atoms. The van der Waals surface area contributed by atoms with Gasteiger partial charge >= 0.3 is 0 Å². The number of benzene rings is 1. The normalized spacial score (nSPS) is 13.4. The predicted octanol–water partition coefficient (Wildman–Crippen LogP) is 2.28. The Kier molecular flexibility index (Phi) is 6.37. The fraction of sp³-hybridized carbons (Fsp3) is 0.227. The summed E-state index contributed by atoms with van der Waals surface area (Å²) in [7, 11) is -3.83. The van der Waals surface area contributed by atoms with E-state index in [-0.39, 0.29) is 18.5 Å². The van der Waals surface area contributed by atoms with Crippen LogP contribution in [0.5, 0.6) is 0 Å². The molecule has 0 aliphatic rings. The van der Waals surface area contributed by atoms with Crippen LogP contribution in [-0.2, 0) is 21.2 Å². The van der Waals surface area contributed by atoms with E-state index in [9.17, 15) is 18.0 Å². The first kappa shape index (κ1) is 22.4. The summed E-state index contributed by atoms with van der Waals surface area (Å²) in [6.07, 6.45) is 5.76. The van der Waals surface area contributed by atoms with Crippen LogP contribution in [0.3, 0.4) is 0 Å². The molecule has 0 fully saturated rings. The number of hydrogen-bond acceptors (Lipinski definition) is 6. The van der Waals surface area contributed by atoms with Crippen molar-refractivity contribution < 1.29 is 18.4 Å². The first-order valence-corrected chi connectivity index (χ1v) is 11.4. The molecule has 9 heteroatoms. The molecule has 0 saturated heterocycles. The van der Waals surface area contributed by atoms with Gasteiger partial charge in [-0.25, -0.2) is 13.9 Å². The quantitative estimate of drug-likeness (QED) is 0.429. The molecular formula is C22H23N3O5S. The highest BCUT2D eigenvalue weighted by molar-refractivity contribution is 7.92. The lowest BCUT2D eigenvalue weighted by molar-refractivity contribution is -0.131. The predicted molar refractivity (Wildman–Crippen MR) is 117 cm³/mol. The molecule has 2 N–H and O–H groups in total. The second-order valence-corrected chi connectivity index (χ2v) is 9.90. The SMILES string of the molecule is C[C@@](CCn1ccc(-c2ccc(-c3ccncc3)cc2)cc1=O)(C(=O)NO)S(C)(=O)=O. The average Bonchev–Trinajstić information content (AvgIpc) is 2.77. The third-order valence-electron chi connectivity index (χ3n) is 5.46. The number of aromatic nitrogens is 2. The van der Waals surface area contributed by atoms with Crippen LogP contribution in [0.1, 0.15) is 13.3 Å². The Labute approximate surface area is 180 Å². The zero-order valence-electron chi connectivity index (χ0n) is 17.1. The van der Waals surface area contributed by atoms with Gasteiger partial charge < -0.3 is 4.57 Å². The zero-order chi connectivity index (χ0) is 22.6. The van der Waals surface area contributed by atoms with Gasteiger partial charge in [-0.15, -0.1) is 0 Å². The van der Waals surface area contributed by atoms with Gasteiger partial charge in [-0.3, -0.25) is 19.8 Å². The lowest BCUT2D eigenvalue weighted by Gasteiger charge is -2.25. The lowest BCUT2D eigenvalue weighted by atomic mass is 10.0. The van der Waals surface area contributed by atoms with Crippen molar-refractivity contribution in [3.8, 4) is 22.3 Å². The maximum atomic E-state index is 12.6. The molecule has 0 saturated carbocycles. The summed E-state index contributed by atoms with van der Waals surface area (Å²) in [5.41, 5.74) is 4.73. The van der Waals surface area contributed by atoms with Crippen LogP contribution >= 0.6 is 0 Å². The highest BCUT2D eigenvalue weighted by atomic mass is 32.2. The first-order chi connectivity index (χ1) is 14.7. The Hall–Kier alpha value is -3.30. The fourth-order valence-corrected chi connectivity index (χ4v) is 4.04. The molecule has 0 unspecified atom stereocenters. The van der Waals surface area contributed by atoms with Crippen LogP contribution in [-0.4, -0.2) is 40.1 Å². The Morgan fingerprint density at radius 1 is 1.03 bits per heavy atom. The molecule has 0 bridgehead atoms. The highest BCUT2D eigenvalue weighted by Crippen LogP contribution is 2.25. The number of nitrogens with one attached hydrogen (secondary N) is 1. The number of amides is 1. The van der Waals surface area contributed by atoms with Crippen LogP contribution in [0.15, 0.2) is 71.9 Å². The van der Waals surface area contributed by atoms with E-state index in [1.165, 1.54) is 23.0 Å². The van der Waals surface area contributed by atoms with Gasteiger partial charge in [-0.1, -0.05) is 24.3 Å². The molecule has 1 atom stereocenters. The second-order valence-electron chi connectivity index (χ2n) is 7.45. The van der Waals surface area contributed by atoms with Crippen LogP contribution in [0.4, 0.5) is 0 Å². The standard InChI is InChI=1S/C22H23N3O5S/c1-22(21(27)24-28,31(2,29)30)10-14-25-13-9-19(15-20(25)26)17-5-3-16(4-6-17)18-7-11-23-12-8-18/h3-9,11-13,15,28H,10,14H2,1-2H3,(H,24,27)/t22-/m1/s1. The molecular weight excluding hydrogens is 418 g/mol. The number of carbonyl (C=O) groups is 1. The number of hydroxylamine groups is 1. The number of rotatable bonds is 7. The van der Waals surface area contributed by atoms with E-state index in [0.717, 1.165) is 28.5 Å². The number of nitrogens with zero attached hydrogens (tertiary/aromatic N) is 2. The van der Waals surface area contributed by atoms with Crippen LogP contribution in [0.2, 0.25) is 0 Å². The summed E-state index contributed by atoms with van der Waals surface area (Å²) >= 11 is 0. The minimum Gasteiger partial charge on any atom is -0.315 e. The van der Waals surface area contributed by atoms with Gasteiger partial charge in [-0.2, -0.15) is 0 Å². The Morgan fingerprint density at radius 3 is 2.10 bits per heavy atom. The van der Waals surface area contributed by atoms with Crippen molar-refractivity contribution in [3.05, 3.63) is 77.5 Å². The minimum absolute atomic E-state index is 0.00289. The summed E-state index contributed by atoms with van der Waals surface area (Å²) in [5.74, 6) is -1.03. The number of hydrogen-bond donors (Lipinski definition) is 2. The Balaban J connectivity index is 1.80. The summed E-state index contributed by atoms with van der Waals surface area (Å²) in [6, 6.07) is 14.8. The van der Waals surface area contributed by atoms with Gasteiger partial charge in [0.05, 0.1) is 0 Å². The monoisotopic (exact) mass is 441 g/mol. The average molecular weight is 442 g/mol. The zero-order valence-corrected chi connectivity index (χ0v) is 18.0. The Morgan fingerprint density at radius 2 is 1.58 bits per heavy atom. The van der Waals surface area contributed by atoms with Crippen molar-refractivity contribution in [2.75, 3.05) is 6.26 Å². The van der Waals surface area contributed by atoms with Crippen molar-refractivity contribution >= 4 is 15.7 Å². The molecule has 1 aromatic carbocycles. The van der Waals surface area contributed by atoms with E-state index in [0.29, 0.717) is 0 Å². The fourth-order valence-electron chi connectivity index (χ4n) is 3.19. The van der Waals surface area contributed by atoms with E-state index in [2.05, 4.69) is 4.98 Å². The number of carbonyl (C=O) groups excluding carboxylic acids is 1. The van der Waals surface area contributed by atoms with Crippen molar-refractivity contribution in [1.82, 2.24) is 15.0 Å². The number of pyridine rings is 2.